The second kappa shape index (κ2) is 5.12. The van der Waals surface area contributed by atoms with Gasteiger partial charge in [0.1, 0.15) is 0 Å². The standard InChI is InChI=1S/C14H19N3O/c1-10-7-5-6-8-12(10)11(2)15-13-9-14(18-4)17(3)16-13/h5-9,11H,1-4H3,(H,15,16). The quantitative estimate of drug-likeness (QED) is 0.900. The first kappa shape index (κ1) is 12.5. The van der Waals surface area contributed by atoms with Crippen LogP contribution in [0.3, 0.4) is 0 Å². The SMILES string of the molecule is COc1cc(NC(C)c2ccccc2C)nn1C. The number of benzene rings is 1. The molecule has 0 radical (unpaired) electrons. The van der Waals surface area contributed by atoms with Gasteiger partial charge >= 0.3 is 0 Å². The number of ether oxygens (including phenoxy) is 1. The molecule has 0 bridgehead atoms. The van der Waals surface area contributed by atoms with Gasteiger partial charge in [-0.05, 0) is 25.0 Å². The molecular weight excluding hydrogens is 226 g/mol. The summed E-state index contributed by atoms with van der Waals surface area (Å²) in [6, 6.07) is 10.5. The maximum absolute atomic E-state index is 5.20. The Labute approximate surface area is 108 Å². The summed E-state index contributed by atoms with van der Waals surface area (Å²) >= 11 is 0. The van der Waals surface area contributed by atoms with Crippen LogP contribution >= 0.6 is 0 Å². The van der Waals surface area contributed by atoms with Gasteiger partial charge in [-0.15, -0.1) is 0 Å². The molecule has 1 aromatic heterocycles. The molecule has 0 saturated carbocycles. The summed E-state index contributed by atoms with van der Waals surface area (Å²) in [4.78, 5) is 0. The third-order valence-corrected chi connectivity index (χ3v) is 3.07. The summed E-state index contributed by atoms with van der Waals surface area (Å²) in [5.74, 6) is 1.57. The summed E-state index contributed by atoms with van der Waals surface area (Å²) in [6.45, 7) is 4.25. The molecule has 2 aromatic rings. The zero-order valence-electron chi connectivity index (χ0n) is 11.3. The number of hydrogen-bond donors (Lipinski definition) is 1. The number of nitrogens with one attached hydrogen (secondary N) is 1. The largest absolute Gasteiger partial charge is 0.481 e. The van der Waals surface area contributed by atoms with E-state index < -0.39 is 0 Å². The predicted octanol–water partition coefficient (Wildman–Crippen LogP) is 2.91. The van der Waals surface area contributed by atoms with Crippen LogP contribution in [0.5, 0.6) is 5.88 Å². The number of aromatic nitrogens is 2. The number of rotatable bonds is 4. The maximum Gasteiger partial charge on any atom is 0.213 e. The van der Waals surface area contributed by atoms with Crippen molar-refractivity contribution in [2.45, 2.75) is 19.9 Å². The van der Waals surface area contributed by atoms with Crippen molar-refractivity contribution in [3.63, 3.8) is 0 Å². The Bertz CT molecular complexity index is 534. The average molecular weight is 245 g/mol. The third kappa shape index (κ3) is 2.47. The lowest BCUT2D eigenvalue weighted by Gasteiger charge is -2.15. The maximum atomic E-state index is 5.20. The van der Waals surface area contributed by atoms with E-state index in [0.717, 1.165) is 11.7 Å². The first-order valence-electron chi connectivity index (χ1n) is 6.02. The van der Waals surface area contributed by atoms with E-state index in [1.807, 2.05) is 13.1 Å². The van der Waals surface area contributed by atoms with Gasteiger partial charge in [0.2, 0.25) is 5.88 Å². The van der Waals surface area contributed by atoms with Gasteiger partial charge in [-0.1, -0.05) is 24.3 Å². The second-order valence-corrected chi connectivity index (χ2v) is 4.42. The Kier molecular flexibility index (Phi) is 3.55. The fraction of sp³-hybridized carbons (Fsp3) is 0.357. The van der Waals surface area contributed by atoms with Gasteiger partial charge < -0.3 is 10.1 Å². The molecule has 0 aliphatic rings. The van der Waals surface area contributed by atoms with E-state index in [2.05, 4.69) is 48.5 Å². The van der Waals surface area contributed by atoms with E-state index in [1.54, 1.807) is 11.8 Å². The van der Waals surface area contributed by atoms with Gasteiger partial charge in [0.05, 0.1) is 13.2 Å². The zero-order valence-corrected chi connectivity index (χ0v) is 11.3. The Balaban J connectivity index is 2.16. The molecule has 0 aliphatic carbocycles. The van der Waals surface area contributed by atoms with Crippen LogP contribution in [-0.4, -0.2) is 16.9 Å². The lowest BCUT2D eigenvalue weighted by atomic mass is 10.0. The van der Waals surface area contributed by atoms with Crippen LogP contribution in [-0.2, 0) is 7.05 Å². The minimum atomic E-state index is 0.214. The van der Waals surface area contributed by atoms with Gasteiger partial charge in [-0.3, -0.25) is 0 Å². The molecule has 0 aliphatic heterocycles. The highest BCUT2D eigenvalue weighted by molar-refractivity contribution is 5.42. The molecule has 4 nitrogen and oxygen atoms in total. The van der Waals surface area contributed by atoms with E-state index in [4.69, 9.17) is 4.74 Å². The first-order chi connectivity index (χ1) is 8.61. The van der Waals surface area contributed by atoms with Crippen molar-refractivity contribution < 1.29 is 4.74 Å². The zero-order chi connectivity index (χ0) is 13.1. The van der Waals surface area contributed by atoms with Gasteiger partial charge in [0.15, 0.2) is 5.82 Å². The molecule has 1 unspecified atom stereocenters. The summed E-state index contributed by atoms with van der Waals surface area (Å²) in [7, 11) is 3.51. The highest BCUT2D eigenvalue weighted by atomic mass is 16.5. The van der Waals surface area contributed by atoms with Crippen molar-refractivity contribution in [1.82, 2.24) is 9.78 Å². The van der Waals surface area contributed by atoms with E-state index >= 15 is 0 Å². The van der Waals surface area contributed by atoms with Crippen molar-refractivity contribution in [2.24, 2.45) is 7.05 Å². The van der Waals surface area contributed by atoms with Crippen LogP contribution in [0.15, 0.2) is 30.3 Å². The molecule has 1 N–H and O–H groups in total. The lowest BCUT2D eigenvalue weighted by molar-refractivity contribution is 0.373. The van der Waals surface area contributed by atoms with Crippen molar-refractivity contribution in [1.29, 1.82) is 0 Å². The molecule has 1 heterocycles. The number of anilines is 1. The van der Waals surface area contributed by atoms with Crippen LogP contribution in [0.4, 0.5) is 5.82 Å². The van der Waals surface area contributed by atoms with Crippen LogP contribution in [0.2, 0.25) is 0 Å². The summed E-state index contributed by atoms with van der Waals surface area (Å²) < 4.78 is 6.91. The van der Waals surface area contributed by atoms with Gasteiger partial charge in [0, 0.05) is 13.1 Å². The molecule has 96 valence electrons. The van der Waals surface area contributed by atoms with Gasteiger partial charge in [0.25, 0.3) is 0 Å². The molecule has 18 heavy (non-hydrogen) atoms. The van der Waals surface area contributed by atoms with Gasteiger partial charge in [-0.2, -0.15) is 5.10 Å². The molecule has 4 heteroatoms. The molecule has 0 saturated heterocycles. The Morgan fingerprint density at radius 3 is 2.67 bits per heavy atom. The molecule has 0 spiro atoms. The topological polar surface area (TPSA) is 39.1 Å². The van der Waals surface area contributed by atoms with Crippen molar-refractivity contribution in [2.75, 3.05) is 12.4 Å². The fourth-order valence-electron chi connectivity index (χ4n) is 2.08. The van der Waals surface area contributed by atoms with E-state index in [0.29, 0.717) is 0 Å². The van der Waals surface area contributed by atoms with Crippen LogP contribution in [0, 0.1) is 6.92 Å². The second-order valence-electron chi connectivity index (χ2n) is 4.42. The monoisotopic (exact) mass is 245 g/mol. The Morgan fingerprint density at radius 1 is 1.33 bits per heavy atom. The van der Waals surface area contributed by atoms with Crippen LogP contribution in [0.1, 0.15) is 24.1 Å². The molecule has 1 atom stereocenters. The predicted molar refractivity (Wildman–Crippen MR) is 73.0 cm³/mol. The number of methoxy groups -OCH3 is 1. The number of aryl methyl sites for hydroxylation is 2. The minimum absolute atomic E-state index is 0.214. The smallest absolute Gasteiger partial charge is 0.213 e. The van der Waals surface area contributed by atoms with Crippen molar-refractivity contribution >= 4 is 5.82 Å². The van der Waals surface area contributed by atoms with Crippen LogP contribution < -0.4 is 10.1 Å². The van der Waals surface area contributed by atoms with E-state index in [-0.39, 0.29) is 6.04 Å². The molecular formula is C14H19N3O. The van der Waals surface area contributed by atoms with Crippen LogP contribution in [0.25, 0.3) is 0 Å². The molecule has 0 amide bonds. The highest BCUT2D eigenvalue weighted by Gasteiger charge is 2.11. The van der Waals surface area contributed by atoms with Crippen molar-refractivity contribution in [3.8, 4) is 5.88 Å². The minimum Gasteiger partial charge on any atom is -0.481 e. The normalized spacial score (nSPS) is 12.2. The van der Waals surface area contributed by atoms with Gasteiger partial charge in [-0.25, -0.2) is 4.68 Å². The molecule has 0 fully saturated rings. The Hall–Kier alpha value is -1.97. The average Bonchev–Trinajstić information content (AvgIpc) is 2.69. The fourth-order valence-corrected chi connectivity index (χ4v) is 2.08. The summed E-state index contributed by atoms with van der Waals surface area (Å²) in [6.07, 6.45) is 0. The van der Waals surface area contributed by atoms with E-state index in [1.165, 1.54) is 11.1 Å². The molecule has 1 aromatic carbocycles. The summed E-state index contributed by atoms with van der Waals surface area (Å²) in [5, 5.41) is 7.74. The number of nitrogens with zero attached hydrogens (tertiary/aromatic N) is 2. The lowest BCUT2D eigenvalue weighted by Crippen LogP contribution is -2.08. The highest BCUT2D eigenvalue weighted by Crippen LogP contribution is 2.23. The number of hydrogen-bond acceptors (Lipinski definition) is 3. The molecule has 2 rings (SSSR count). The van der Waals surface area contributed by atoms with E-state index in [9.17, 15) is 0 Å². The van der Waals surface area contributed by atoms with Crippen molar-refractivity contribution in [3.05, 3.63) is 41.5 Å². The summed E-state index contributed by atoms with van der Waals surface area (Å²) in [5.41, 5.74) is 2.56. The third-order valence-electron chi connectivity index (χ3n) is 3.07. The first-order valence-corrected chi connectivity index (χ1v) is 6.02. The Morgan fingerprint density at radius 2 is 2.06 bits per heavy atom.